The maximum absolute atomic E-state index is 14.2. The molecular formula is C29H41N3O5S. The van der Waals surface area contributed by atoms with Crippen LogP contribution in [0.3, 0.4) is 0 Å². The Morgan fingerprint density at radius 1 is 1.13 bits per heavy atom. The molecule has 38 heavy (non-hydrogen) atoms. The lowest BCUT2D eigenvalue weighted by Crippen LogP contribution is -2.59. The van der Waals surface area contributed by atoms with Crippen LogP contribution in [0.2, 0.25) is 0 Å². The van der Waals surface area contributed by atoms with E-state index < -0.39 is 28.7 Å². The molecule has 3 saturated heterocycles. The van der Waals surface area contributed by atoms with Gasteiger partial charge in [-0.1, -0.05) is 33.1 Å². The number of amides is 3. The molecule has 4 fully saturated rings. The van der Waals surface area contributed by atoms with Gasteiger partial charge in [-0.2, -0.15) is 0 Å². The molecule has 6 atom stereocenters. The maximum atomic E-state index is 14.2. The zero-order valence-electron chi connectivity index (χ0n) is 22.7. The normalized spacial score (nSPS) is 31.4. The monoisotopic (exact) mass is 543 g/mol. The molecule has 3 heterocycles. The largest absolute Gasteiger partial charge is 0.494 e. The minimum atomic E-state index is -0.681. The number of ether oxygens (including phenoxy) is 1. The number of hydrogen-bond donors (Lipinski definition) is 3. The van der Waals surface area contributed by atoms with Crippen molar-refractivity contribution in [3.8, 4) is 5.75 Å². The van der Waals surface area contributed by atoms with Crippen LogP contribution in [0.4, 0.5) is 5.69 Å². The van der Waals surface area contributed by atoms with Gasteiger partial charge >= 0.3 is 0 Å². The number of thioether (sulfide) groups is 1. The predicted molar refractivity (Wildman–Crippen MR) is 148 cm³/mol. The Hall–Kier alpha value is -2.26. The number of rotatable bonds is 9. The van der Waals surface area contributed by atoms with E-state index in [1.165, 1.54) is 6.42 Å². The van der Waals surface area contributed by atoms with Crippen LogP contribution in [-0.2, 0) is 14.4 Å². The van der Waals surface area contributed by atoms with E-state index in [1.54, 1.807) is 16.7 Å². The number of benzene rings is 1. The lowest BCUT2D eigenvalue weighted by Gasteiger charge is -2.39. The highest BCUT2D eigenvalue weighted by atomic mass is 32.2. The van der Waals surface area contributed by atoms with Gasteiger partial charge in [0.25, 0.3) is 0 Å². The molecule has 1 aromatic rings. The summed E-state index contributed by atoms with van der Waals surface area (Å²) in [5.74, 6) is -0.849. The third-order valence-electron chi connectivity index (χ3n) is 8.99. The minimum Gasteiger partial charge on any atom is -0.494 e. The van der Waals surface area contributed by atoms with Crippen molar-refractivity contribution in [3.05, 3.63) is 24.3 Å². The van der Waals surface area contributed by atoms with Gasteiger partial charge in [0.15, 0.2) is 0 Å². The van der Waals surface area contributed by atoms with Gasteiger partial charge in [-0.25, -0.2) is 0 Å². The summed E-state index contributed by atoms with van der Waals surface area (Å²) in [6.07, 6.45) is 6.82. The summed E-state index contributed by atoms with van der Waals surface area (Å²) < 4.78 is 4.85. The average molecular weight is 544 g/mol. The number of hydrogen-bond acceptors (Lipinski definition) is 6. The summed E-state index contributed by atoms with van der Waals surface area (Å²) in [4.78, 5) is 43.5. The van der Waals surface area contributed by atoms with E-state index in [0.717, 1.165) is 44.3 Å². The van der Waals surface area contributed by atoms with Crippen molar-refractivity contribution in [2.45, 2.75) is 93.8 Å². The van der Waals surface area contributed by atoms with E-state index in [1.807, 2.05) is 45.0 Å². The van der Waals surface area contributed by atoms with Gasteiger partial charge in [0.05, 0.1) is 35.8 Å². The van der Waals surface area contributed by atoms with E-state index in [2.05, 4.69) is 10.6 Å². The molecular weight excluding hydrogens is 502 g/mol. The summed E-state index contributed by atoms with van der Waals surface area (Å²) in [6, 6.07) is 6.22. The molecule has 2 bridgehead atoms. The molecule has 3 amide bonds. The molecule has 8 nitrogen and oxygen atoms in total. The SMILES string of the molecule is CCOc1ccc(NC(=O)[C@@H]2[C@H]3C(=O)N([C@@H](CO)C(C)C)C(C(=O)NC4CCCCC4)C34CC[C@H]2S4)cc1. The van der Waals surface area contributed by atoms with E-state index in [0.29, 0.717) is 12.3 Å². The molecule has 1 aliphatic carbocycles. The number of nitrogens with one attached hydrogen (secondary N) is 2. The molecule has 3 N–H and O–H groups in total. The third-order valence-corrected chi connectivity index (χ3v) is 10.9. The van der Waals surface area contributed by atoms with Gasteiger partial charge in [0, 0.05) is 17.0 Å². The molecule has 3 aliphatic heterocycles. The van der Waals surface area contributed by atoms with Gasteiger partial charge in [-0.15, -0.1) is 11.8 Å². The lowest BCUT2D eigenvalue weighted by atomic mass is 9.70. The average Bonchev–Trinajstić information content (AvgIpc) is 3.54. The maximum Gasteiger partial charge on any atom is 0.244 e. The molecule has 0 radical (unpaired) electrons. The Labute approximate surface area is 229 Å². The van der Waals surface area contributed by atoms with Crippen LogP contribution in [-0.4, -0.2) is 69.1 Å². The minimum absolute atomic E-state index is 0.00888. The number of nitrogens with zero attached hydrogens (tertiary/aromatic N) is 1. The fourth-order valence-corrected chi connectivity index (χ4v) is 9.43. The Morgan fingerprint density at radius 2 is 1.84 bits per heavy atom. The van der Waals surface area contributed by atoms with E-state index >= 15 is 0 Å². The quantitative estimate of drug-likeness (QED) is 0.440. The van der Waals surface area contributed by atoms with Crippen molar-refractivity contribution in [2.75, 3.05) is 18.5 Å². The highest BCUT2D eigenvalue weighted by Gasteiger charge is 2.74. The number of carbonyl (C=O) groups excluding carboxylic acids is 3. The molecule has 2 unspecified atom stereocenters. The fraction of sp³-hybridized carbons (Fsp3) is 0.690. The first kappa shape index (κ1) is 27.3. The lowest BCUT2D eigenvalue weighted by molar-refractivity contribution is -0.143. The second-order valence-corrected chi connectivity index (χ2v) is 13.2. The first-order valence-electron chi connectivity index (χ1n) is 14.3. The summed E-state index contributed by atoms with van der Waals surface area (Å²) in [7, 11) is 0. The second-order valence-electron chi connectivity index (χ2n) is 11.6. The van der Waals surface area contributed by atoms with Crippen LogP contribution < -0.4 is 15.4 Å². The number of anilines is 1. The van der Waals surface area contributed by atoms with Crippen LogP contribution in [0.1, 0.15) is 65.7 Å². The summed E-state index contributed by atoms with van der Waals surface area (Å²) in [6.45, 7) is 6.21. The van der Waals surface area contributed by atoms with Crippen molar-refractivity contribution in [3.63, 3.8) is 0 Å². The molecule has 1 spiro atoms. The Morgan fingerprint density at radius 3 is 2.47 bits per heavy atom. The highest BCUT2D eigenvalue weighted by molar-refractivity contribution is 8.02. The Balaban J connectivity index is 1.43. The first-order chi connectivity index (χ1) is 18.3. The molecule has 1 aromatic carbocycles. The van der Waals surface area contributed by atoms with Gasteiger partial charge in [0.1, 0.15) is 11.8 Å². The van der Waals surface area contributed by atoms with Gasteiger partial charge in [-0.3, -0.25) is 14.4 Å². The molecule has 1 saturated carbocycles. The second kappa shape index (κ2) is 11.1. The van der Waals surface area contributed by atoms with E-state index in [9.17, 15) is 19.5 Å². The third kappa shape index (κ3) is 4.70. The van der Waals surface area contributed by atoms with Crippen molar-refractivity contribution < 1.29 is 24.2 Å². The Kier molecular flexibility index (Phi) is 7.96. The molecule has 0 aromatic heterocycles. The van der Waals surface area contributed by atoms with Crippen molar-refractivity contribution >= 4 is 35.2 Å². The smallest absolute Gasteiger partial charge is 0.244 e. The van der Waals surface area contributed by atoms with E-state index in [4.69, 9.17) is 4.74 Å². The van der Waals surface area contributed by atoms with Gasteiger partial charge < -0.3 is 25.4 Å². The molecule has 5 rings (SSSR count). The number of fused-ring (bicyclic) bond motifs is 1. The number of carbonyl (C=O) groups is 3. The van der Waals surface area contributed by atoms with Crippen LogP contribution in [0, 0.1) is 17.8 Å². The zero-order valence-corrected chi connectivity index (χ0v) is 23.5. The molecule has 9 heteroatoms. The first-order valence-corrected chi connectivity index (χ1v) is 15.1. The molecule has 4 aliphatic rings. The topological polar surface area (TPSA) is 108 Å². The summed E-state index contributed by atoms with van der Waals surface area (Å²) in [5.41, 5.74) is 0.657. The van der Waals surface area contributed by atoms with E-state index in [-0.39, 0.29) is 41.5 Å². The summed E-state index contributed by atoms with van der Waals surface area (Å²) >= 11 is 1.67. The molecule has 208 valence electrons. The standard InChI is InChI=1S/C29H41N3O5S/c1-4-37-20-12-10-19(11-13-20)30-26(34)23-22-14-15-29(38-22)24(23)28(36)32(21(16-33)17(2)3)25(29)27(35)31-18-8-6-5-7-9-18/h10-13,17-18,21-25,33H,4-9,14-16H2,1-3H3,(H,30,34)(H,31,35)/t21-,22+,23-,24-,25?,29?/m0/s1. The number of aliphatic hydroxyl groups excluding tert-OH is 1. The zero-order chi connectivity index (χ0) is 27.0. The fourth-order valence-electron chi connectivity index (χ4n) is 7.22. The van der Waals surface area contributed by atoms with Gasteiger partial charge in [0.2, 0.25) is 17.7 Å². The van der Waals surface area contributed by atoms with Crippen LogP contribution in [0.15, 0.2) is 24.3 Å². The highest BCUT2D eigenvalue weighted by Crippen LogP contribution is 2.66. The van der Waals surface area contributed by atoms with Crippen LogP contribution >= 0.6 is 11.8 Å². The van der Waals surface area contributed by atoms with Crippen LogP contribution in [0.5, 0.6) is 5.75 Å². The van der Waals surface area contributed by atoms with Crippen molar-refractivity contribution in [1.82, 2.24) is 10.2 Å². The van der Waals surface area contributed by atoms with Crippen LogP contribution in [0.25, 0.3) is 0 Å². The number of likely N-dealkylation sites (tertiary alicyclic amines) is 1. The Bertz CT molecular complexity index is 1040. The predicted octanol–water partition coefficient (Wildman–Crippen LogP) is 3.58. The summed E-state index contributed by atoms with van der Waals surface area (Å²) in [5, 5.41) is 16.6. The van der Waals surface area contributed by atoms with Gasteiger partial charge in [-0.05, 0) is 62.8 Å². The van der Waals surface area contributed by atoms with Crippen molar-refractivity contribution in [1.29, 1.82) is 0 Å². The van der Waals surface area contributed by atoms with Crippen molar-refractivity contribution in [2.24, 2.45) is 17.8 Å². The number of aliphatic hydroxyl groups is 1.